The SMILES string of the molecule is Cc1ccncc1CNCc1nc2ccccc2[nH]1. The highest BCUT2D eigenvalue weighted by Crippen LogP contribution is 2.10. The Morgan fingerprint density at radius 2 is 2.05 bits per heavy atom. The molecule has 0 radical (unpaired) electrons. The van der Waals surface area contributed by atoms with E-state index in [0.717, 1.165) is 29.9 Å². The highest BCUT2D eigenvalue weighted by molar-refractivity contribution is 5.74. The van der Waals surface area contributed by atoms with Crippen molar-refractivity contribution in [1.82, 2.24) is 20.3 Å². The van der Waals surface area contributed by atoms with Gasteiger partial charge in [0.1, 0.15) is 5.82 Å². The first-order valence-electron chi connectivity index (χ1n) is 6.37. The quantitative estimate of drug-likeness (QED) is 0.750. The topological polar surface area (TPSA) is 53.6 Å². The van der Waals surface area contributed by atoms with Gasteiger partial charge in [0.05, 0.1) is 17.6 Å². The minimum atomic E-state index is 0.725. The molecule has 0 amide bonds. The predicted molar refractivity (Wildman–Crippen MR) is 75.6 cm³/mol. The van der Waals surface area contributed by atoms with E-state index in [1.165, 1.54) is 11.1 Å². The lowest BCUT2D eigenvalue weighted by Crippen LogP contribution is -2.14. The second-order valence-corrected chi connectivity index (χ2v) is 4.61. The van der Waals surface area contributed by atoms with E-state index in [-0.39, 0.29) is 0 Å². The maximum absolute atomic E-state index is 4.53. The number of aryl methyl sites for hydroxylation is 1. The monoisotopic (exact) mass is 252 g/mol. The summed E-state index contributed by atoms with van der Waals surface area (Å²) < 4.78 is 0. The first-order chi connectivity index (χ1) is 9.33. The smallest absolute Gasteiger partial charge is 0.121 e. The number of rotatable bonds is 4. The molecule has 3 aromatic rings. The Hall–Kier alpha value is -2.20. The average Bonchev–Trinajstić information content (AvgIpc) is 2.83. The van der Waals surface area contributed by atoms with Crippen LogP contribution in [0.25, 0.3) is 11.0 Å². The van der Waals surface area contributed by atoms with Crippen molar-refractivity contribution in [2.45, 2.75) is 20.0 Å². The summed E-state index contributed by atoms with van der Waals surface area (Å²) in [5.41, 5.74) is 4.57. The molecule has 0 unspecified atom stereocenters. The summed E-state index contributed by atoms with van der Waals surface area (Å²) in [6.07, 6.45) is 3.72. The van der Waals surface area contributed by atoms with Gasteiger partial charge in [-0.3, -0.25) is 4.98 Å². The van der Waals surface area contributed by atoms with Crippen molar-refractivity contribution >= 4 is 11.0 Å². The molecule has 2 N–H and O–H groups in total. The summed E-state index contributed by atoms with van der Waals surface area (Å²) in [5, 5.41) is 3.39. The fraction of sp³-hybridized carbons (Fsp3) is 0.200. The Kier molecular flexibility index (Phi) is 3.25. The van der Waals surface area contributed by atoms with Gasteiger partial charge < -0.3 is 10.3 Å². The number of fused-ring (bicyclic) bond motifs is 1. The molecule has 4 heteroatoms. The van der Waals surface area contributed by atoms with Crippen LogP contribution in [0.4, 0.5) is 0 Å². The first-order valence-corrected chi connectivity index (χ1v) is 6.37. The molecule has 19 heavy (non-hydrogen) atoms. The molecular formula is C15H16N4. The number of hydrogen-bond donors (Lipinski definition) is 2. The standard InChI is InChI=1S/C15H16N4/c1-11-6-7-16-8-12(11)9-17-10-15-18-13-4-2-3-5-14(13)19-15/h2-8,17H,9-10H2,1H3,(H,18,19). The van der Waals surface area contributed by atoms with Gasteiger partial charge >= 0.3 is 0 Å². The van der Waals surface area contributed by atoms with Crippen molar-refractivity contribution in [3.05, 3.63) is 59.7 Å². The summed E-state index contributed by atoms with van der Waals surface area (Å²) >= 11 is 0. The van der Waals surface area contributed by atoms with Gasteiger partial charge in [-0.05, 0) is 36.2 Å². The minimum absolute atomic E-state index is 0.725. The molecule has 0 saturated carbocycles. The number of H-pyrrole nitrogens is 1. The minimum Gasteiger partial charge on any atom is -0.341 e. The third-order valence-corrected chi connectivity index (χ3v) is 3.19. The molecule has 0 atom stereocenters. The zero-order valence-electron chi connectivity index (χ0n) is 10.9. The third-order valence-electron chi connectivity index (χ3n) is 3.19. The molecule has 0 aliphatic heterocycles. The number of para-hydroxylation sites is 2. The van der Waals surface area contributed by atoms with Crippen molar-refractivity contribution in [2.24, 2.45) is 0 Å². The van der Waals surface area contributed by atoms with Crippen LogP contribution in [-0.4, -0.2) is 15.0 Å². The number of nitrogens with one attached hydrogen (secondary N) is 2. The molecule has 1 aromatic carbocycles. The molecule has 2 aromatic heterocycles. The van der Waals surface area contributed by atoms with Crippen molar-refractivity contribution in [3.8, 4) is 0 Å². The van der Waals surface area contributed by atoms with Crippen LogP contribution in [0.5, 0.6) is 0 Å². The summed E-state index contributed by atoms with van der Waals surface area (Å²) in [4.78, 5) is 12.0. The van der Waals surface area contributed by atoms with E-state index in [9.17, 15) is 0 Å². The number of aromatic nitrogens is 3. The molecule has 0 aliphatic carbocycles. The van der Waals surface area contributed by atoms with Crippen LogP contribution in [0.2, 0.25) is 0 Å². The normalized spacial score (nSPS) is 11.0. The van der Waals surface area contributed by atoms with Crippen LogP contribution in [0.3, 0.4) is 0 Å². The van der Waals surface area contributed by atoms with E-state index in [2.05, 4.69) is 27.2 Å². The van der Waals surface area contributed by atoms with Gasteiger partial charge in [0.15, 0.2) is 0 Å². The van der Waals surface area contributed by atoms with Crippen molar-refractivity contribution in [2.75, 3.05) is 0 Å². The van der Waals surface area contributed by atoms with Crippen LogP contribution in [0, 0.1) is 6.92 Å². The predicted octanol–water partition coefficient (Wildman–Crippen LogP) is 2.56. The Morgan fingerprint density at radius 3 is 2.89 bits per heavy atom. The lowest BCUT2D eigenvalue weighted by molar-refractivity contribution is 0.666. The van der Waals surface area contributed by atoms with E-state index in [0.29, 0.717) is 0 Å². The largest absolute Gasteiger partial charge is 0.341 e. The summed E-state index contributed by atoms with van der Waals surface area (Å²) in [6, 6.07) is 10.1. The van der Waals surface area contributed by atoms with Crippen LogP contribution < -0.4 is 5.32 Å². The first kappa shape index (κ1) is 11.9. The number of imidazole rings is 1. The van der Waals surface area contributed by atoms with Gasteiger partial charge in [-0.2, -0.15) is 0 Å². The van der Waals surface area contributed by atoms with E-state index in [1.807, 2.05) is 42.7 Å². The Balaban J connectivity index is 1.65. The number of benzene rings is 1. The lowest BCUT2D eigenvalue weighted by Gasteiger charge is -2.05. The molecule has 0 bridgehead atoms. The Morgan fingerprint density at radius 1 is 1.16 bits per heavy atom. The van der Waals surface area contributed by atoms with Gasteiger partial charge in [0.25, 0.3) is 0 Å². The number of hydrogen-bond acceptors (Lipinski definition) is 3. The van der Waals surface area contributed by atoms with E-state index >= 15 is 0 Å². The van der Waals surface area contributed by atoms with E-state index < -0.39 is 0 Å². The van der Waals surface area contributed by atoms with E-state index in [1.54, 1.807) is 0 Å². The second kappa shape index (κ2) is 5.20. The fourth-order valence-electron chi connectivity index (χ4n) is 2.09. The van der Waals surface area contributed by atoms with Crippen molar-refractivity contribution in [3.63, 3.8) is 0 Å². The van der Waals surface area contributed by atoms with Crippen LogP contribution >= 0.6 is 0 Å². The Labute approximate surface area is 111 Å². The molecule has 2 heterocycles. The average molecular weight is 252 g/mol. The van der Waals surface area contributed by atoms with Gasteiger partial charge in [-0.25, -0.2) is 4.98 Å². The van der Waals surface area contributed by atoms with Crippen LogP contribution in [0.15, 0.2) is 42.7 Å². The maximum Gasteiger partial charge on any atom is 0.121 e. The fourth-order valence-corrected chi connectivity index (χ4v) is 2.09. The highest BCUT2D eigenvalue weighted by atomic mass is 15.0. The van der Waals surface area contributed by atoms with Gasteiger partial charge in [-0.1, -0.05) is 12.1 Å². The molecular weight excluding hydrogens is 236 g/mol. The summed E-state index contributed by atoms with van der Waals surface area (Å²) in [6.45, 7) is 3.62. The molecule has 0 spiro atoms. The Bertz CT molecular complexity index is 654. The molecule has 0 aliphatic rings. The van der Waals surface area contributed by atoms with E-state index in [4.69, 9.17) is 0 Å². The molecule has 96 valence electrons. The number of aromatic amines is 1. The lowest BCUT2D eigenvalue weighted by atomic mass is 10.1. The maximum atomic E-state index is 4.53. The van der Waals surface area contributed by atoms with Crippen LogP contribution in [0.1, 0.15) is 17.0 Å². The van der Waals surface area contributed by atoms with Gasteiger partial charge in [0, 0.05) is 18.9 Å². The molecule has 0 saturated heterocycles. The molecule has 3 rings (SSSR count). The van der Waals surface area contributed by atoms with Crippen LogP contribution in [-0.2, 0) is 13.1 Å². The third kappa shape index (κ3) is 2.63. The summed E-state index contributed by atoms with van der Waals surface area (Å²) in [5.74, 6) is 0.961. The second-order valence-electron chi connectivity index (χ2n) is 4.61. The zero-order valence-corrected chi connectivity index (χ0v) is 10.9. The van der Waals surface area contributed by atoms with Crippen molar-refractivity contribution in [1.29, 1.82) is 0 Å². The molecule has 4 nitrogen and oxygen atoms in total. The van der Waals surface area contributed by atoms with Gasteiger partial charge in [-0.15, -0.1) is 0 Å². The van der Waals surface area contributed by atoms with Crippen molar-refractivity contribution < 1.29 is 0 Å². The number of nitrogens with zero attached hydrogens (tertiary/aromatic N) is 2. The number of pyridine rings is 1. The summed E-state index contributed by atoms with van der Waals surface area (Å²) in [7, 11) is 0. The zero-order chi connectivity index (χ0) is 13.1. The molecule has 0 fully saturated rings. The van der Waals surface area contributed by atoms with Gasteiger partial charge in [0.2, 0.25) is 0 Å². The highest BCUT2D eigenvalue weighted by Gasteiger charge is 2.02.